The molecule has 1 saturated heterocycles. The lowest BCUT2D eigenvalue weighted by Crippen LogP contribution is -2.82. The predicted octanol–water partition coefficient (Wildman–Crippen LogP) is 0.556. The lowest BCUT2D eigenvalue weighted by atomic mass is 9.65. The fraction of sp³-hybridized carbons (Fsp3) is 0.381. The number of aromatic nitrogens is 2. The third kappa shape index (κ3) is 3.45. The number of carbonyl (C=O) groups excluding carboxylic acids is 3. The maximum atomic E-state index is 12.5. The van der Waals surface area contributed by atoms with Crippen molar-refractivity contribution in [2.75, 3.05) is 5.75 Å². The summed E-state index contributed by atoms with van der Waals surface area (Å²) in [5.74, 6) is -3.46. The molecule has 0 spiro atoms. The highest BCUT2D eigenvalue weighted by Crippen LogP contribution is 2.49. The van der Waals surface area contributed by atoms with Crippen LogP contribution in [0.3, 0.4) is 0 Å². The van der Waals surface area contributed by atoms with Crippen LogP contribution in [-0.4, -0.2) is 70.6 Å². The number of nitrogens with zero attached hydrogens (tertiary/aromatic N) is 2. The number of ether oxygens (including phenoxy) is 1. The van der Waals surface area contributed by atoms with Crippen molar-refractivity contribution in [2.24, 2.45) is 0 Å². The molecule has 0 radical (unpaired) electrons. The SMILES string of the molecule is CC(=O)[C@]1(O)[C@@](O)(C(C)=O)CS[C@H](Oc2ccc(-c3ccncc3)nc2)[C@@]1(O)C(C)=O. The summed E-state index contributed by atoms with van der Waals surface area (Å²) in [6, 6.07) is 6.73. The van der Waals surface area contributed by atoms with Crippen LogP contribution < -0.4 is 4.74 Å². The van der Waals surface area contributed by atoms with Gasteiger partial charge >= 0.3 is 0 Å². The number of ketones is 3. The number of hydrogen-bond acceptors (Lipinski definition) is 10. The number of pyridine rings is 2. The summed E-state index contributed by atoms with van der Waals surface area (Å²) in [5, 5.41) is 33.3. The van der Waals surface area contributed by atoms with Gasteiger partial charge in [-0.05, 0) is 45.0 Å². The largest absolute Gasteiger partial charge is 0.474 e. The van der Waals surface area contributed by atoms with Gasteiger partial charge < -0.3 is 20.1 Å². The van der Waals surface area contributed by atoms with E-state index in [-0.39, 0.29) is 5.75 Å². The number of carbonyl (C=O) groups is 3. The molecule has 164 valence electrons. The molecule has 2 aromatic heterocycles. The van der Waals surface area contributed by atoms with E-state index in [1.54, 1.807) is 36.7 Å². The van der Waals surface area contributed by atoms with E-state index in [1.165, 1.54) is 6.20 Å². The molecule has 9 nitrogen and oxygen atoms in total. The van der Waals surface area contributed by atoms with Crippen molar-refractivity contribution in [1.82, 2.24) is 9.97 Å². The van der Waals surface area contributed by atoms with Crippen LogP contribution in [0, 0.1) is 0 Å². The molecule has 4 atom stereocenters. The number of aliphatic hydroxyl groups is 3. The predicted molar refractivity (Wildman–Crippen MR) is 111 cm³/mol. The minimum atomic E-state index is -3.10. The Balaban J connectivity index is 1.99. The Hall–Kier alpha value is -2.66. The Labute approximate surface area is 182 Å². The molecular weight excluding hydrogens is 424 g/mol. The summed E-state index contributed by atoms with van der Waals surface area (Å²) >= 11 is 0.737. The molecule has 0 aromatic carbocycles. The average molecular weight is 446 g/mol. The molecule has 1 aliphatic rings. The van der Waals surface area contributed by atoms with E-state index in [1.807, 2.05) is 0 Å². The molecule has 3 heterocycles. The lowest BCUT2D eigenvalue weighted by Gasteiger charge is -2.54. The van der Waals surface area contributed by atoms with Crippen LogP contribution in [0.5, 0.6) is 5.75 Å². The molecule has 10 heteroatoms. The molecule has 3 rings (SSSR count). The van der Waals surface area contributed by atoms with Gasteiger partial charge in [-0.25, -0.2) is 0 Å². The van der Waals surface area contributed by atoms with Crippen molar-refractivity contribution >= 4 is 29.1 Å². The van der Waals surface area contributed by atoms with Crippen molar-refractivity contribution < 1.29 is 34.4 Å². The van der Waals surface area contributed by atoms with E-state index in [0.717, 1.165) is 38.1 Å². The zero-order chi connectivity index (χ0) is 23.0. The van der Waals surface area contributed by atoms with Gasteiger partial charge in [0.2, 0.25) is 5.60 Å². The molecule has 31 heavy (non-hydrogen) atoms. The van der Waals surface area contributed by atoms with Gasteiger partial charge in [-0.1, -0.05) is 0 Å². The van der Waals surface area contributed by atoms with Crippen LogP contribution in [0.4, 0.5) is 0 Å². The molecule has 0 unspecified atom stereocenters. The van der Waals surface area contributed by atoms with Crippen molar-refractivity contribution in [3.8, 4) is 17.0 Å². The molecule has 0 aliphatic carbocycles. The Morgan fingerprint density at radius 3 is 2.13 bits per heavy atom. The molecule has 0 bridgehead atoms. The fourth-order valence-electron chi connectivity index (χ4n) is 3.63. The Morgan fingerprint density at radius 1 is 1.00 bits per heavy atom. The van der Waals surface area contributed by atoms with Gasteiger partial charge in [-0.3, -0.25) is 24.4 Å². The first kappa shape index (κ1) is 23.0. The van der Waals surface area contributed by atoms with Crippen molar-refractivity contribution in [3.63, 3.8) is 0 Å². The van der Waals surface area contributed by atoms with Gasteiger partial charge in [0.05, 0.1) is 11.9 Å². The van der Waals surface area contributed by atoms with E-state index in [9.17, 15) is 29.7 Å². The van der Waals surface area contributed by atoms with E-state index in [2.05, 4.69) is 9.97 Å². The standard InChI is InChI=1S/C21H22N2O7S/c1-12(24)19(27)11-31-18(20(28,13(2)25)21(19,29)14(3)26)30-16-4-5-17(23-10-16)15-6-8-22-9-7-15/h4-10,18,27-29H,11H2,1-3H3/t18-,19-,20-,21-/m0/s1. The highest BCUT2D eigenvalue weighted by atomic mass is 32.2. The second-order valence-electron chi connectivity index (χ2n) is 7.38. The number of thioether (sulfide) groups is 1. The number of Topliss-reactive ketones (excluding diaryl/α,β-unsaturated/α-hetero) is 3. The topological polar surface area (TPSA) is 147 Å². The summed E-state index contributed by atoms with van der Waals surface area (Å²) in [7, 11) is 0. The first-order valence-corrected chi connectivity index (χ1v) is 10.4. The highest BCUT2D eigenvalue weighted by molar-refractivity contribution is 8.00. The van der Waals surface area contributed by atoms with E-state index in [0.29, 0.717) is 5.69 Å². The monoisotopic (exact) mass is 446 g/mol. The minimum Gasteiger partial charge on any atom is -0.474 e. The number of rotatable bonds is 6. The fourth-order valence-corrected chi connectivity index (χ4v) is 5.19. The Bertz CT molecular complexity index is 1020. The van der Waals surface area contributed by atoms with Gasteiger partial charge in [-0.2, -0.15) is 0 Å². The van der Waals surface area contributed by atoms with Crippen LogP contribution in [0.1, 0.15) is 20.8 Å². The molecule has 1 fully saturated rings. The third-order valence-corrected chi connectivity index (χ3v) is 6.84. The summed E-state index contributed by atoms with van der Waals surface area (Å²) < 4.78 is 5.72. The van der Waals surface area contributed by atoms with Crippen LogP contribution in [0.25, 0.3) is 11.3 Å². The van der Waals surface area contributed by atoms with Crippen LogP contribution >= 0.6 is 11.8 Å². The molecule has 2 aromatic rings. The van der Waals surface area contributed by atoms with Gasteiger partial charge in [0.1, 0.15) is 5.75 Å². The zero-order valence-corrected chi connectivity index (χ0v) is 17.9. The summed E-state index contributed by atoms with van der Waals surface area (Å²) in [6.07, 6.45) is 4.59. The summed E-state index contributed by atoms with van der Waals surface area (Å²) in [4.78, 5) is 45.2. The van der Waals surface area contributed by atoms with Crippen LogP contribution in [0.15, 0.2) is 42.9 Å². The maximum Gasteiger partial charge on any atom is 0.208 e. The first-order chi connectivity index (χ1) is 14.5. The Morgan fingerprint density at radius 2 is 1.65 bits per heavy atom. The average Bonchev–Trinajstić information content (AvgIpc) is 2.74. The lowest BCUT2D eigenvalue weighted by molar-refractivity contribution is -0.236. The van der Waals surface area contributed by atoms with Gasteiger partial charge in [0.15, 0.2) is 34.0 Å². The second-order valence-corrected chi connectivity index (χ2v) is 8.43. The van der Waals surface area contributed by atoms with Gasteiger partial charge in [0, 0.05) is 23.7 Å². The quantitative estimate of drug-likeness (QED) is 0.575. The third-order valence-electron chi connectivity index (χ3n) is 5.52. The zero-order valence-electron chi connectivity index (χ0n) is 17.1. The molecule has 0 amide bonds. The molecule has 1 aliphatic heterocycles. The summed E-state index contributed by atoms with van der Waals surface area (Å²) in [6.45, 7) is 2.80. The Kier molecular flexibility index (Phi) is 6.03. The van der Waals surface area contributed by atoms with E-state index >= 15 is 0 Å². The van der Waals surface area contributed by atoms with Gasteiger partial charge in [-0.15, -0.1) is 11.8 Å². The second kappa shape index (κ2) is 8.12. The minimum absolute atomic E-state index is 0.147. The van der Waals surface area contributed by atoms with Crippen molar-refractivity contribution in [2.45, 2.75) is 43.0 Å². The smallest absolute Gasteiger partial charge is 0.208 e. The first-order valence-electron chi connectivity index (χ1n) is 9.33. The van der Waals surface area contributed by atoms with Gasteiger partial charge in [0.25, 0.3) is 0 Å². The molecule has 0 saturated carbocycles. The van der Waals surface area contributed by atoms with Crippen LogP contribution in [-0.2, 0) is 14.4 Å². The maximum absolute atomic E-state index is 12.5. The molecule has 3 N–H and O–H groups in total. The van der Waals surface area contributed by atoms with Crippen molar-refractivity contribution in [3.05, 3.63) is 42.9 Å². The van der Waals surface area contributed by atoms with E-state index < -0.39 is 45.3 Å². The van der Waals surface area contributed by atoms with Crippen LogP contribution in [0.2, 0.25) is 0 Å². The highest BCUT2D eigenvalue weighted by Gasteiger charge is 2.75. The van der Waals surface area contributed by atoms with E-state index in [4.69, 9.17) is 4.74 Å². The number of hydrogen-bond donors (Lipinski definition) is 3. The normalized spacial score (nSPS) is 30.5. The summed E-state index contributed by atoms with van der Waals surface area (Å²) in [5.41, 5.74) is -8.73. The molecular formula is C21H22N2O7S. The van der Waals surface area contributed by atoms with Crippen molar-refractivity contribution in [1.29, 1.82) is 0 Å².